The van der Waals surface area contributed by atoms with Crippen LogP contribution in [0.3, 0.4) is 0 Å². The highest BCUT2D eigenvalue weighted by Crippen LogP contribution is 2.66. The molecule has 4 aliphatic rings. The summed E-state index contributed by atoms with van der Waals surface area (Å²) in [5.41, 5.74) is 0.0568. The Morgan fingerprint density at radius 2 is 1.76 bits per heavy atom. The molecule has 4 fully saturated rings. The van der Waals surface area contributed by atoms with E-state index in [9.17, 15) is 9.90 Å². The SMILES string of the molecule is CC1(C)[C@H]2CCC(C3(C(=O)O)CCCC3)[C@@H]1C2. The quantitative estimate of drug-likeness (QED) is 0.793. The lowest BCUT2D eigenvalue weighted by molar-refractivity contribution is -0.175. The van der Waals surface area contributed by atoms with Crippen molar-refractivity contribution in [2.75, 3.05) is 0 Å². The number of aliphatic carboxylic acids is 1. The maximum absolute atomic E-state index is 11.8. The van der Waals surface area contributed by atoms with Gasteiger partial charge in [-0.05, 0) is 55.3 Å². The zero-order valence-electron chi connectivity index (χ0n) is 11.0. The van der Waals surface area contributed by atoms with E-state index in [1.165, 1.54) is 19.3 Å². The van der Waals surface area contributed by atoms with Crippen LogP contribution >= 0.6 is 0 Å². The van der Waals surface area contributed by atoms with Crippen molar-refractivity contribution in [1.29, 1.82) is 0 Å². The second-order valence-electron chi connectivity index (χ2n) is 7.21. The normalized spacial score (nSPS) is 41.9. The van der Waals surface area contributed by atoms with Gasteiger partial charge in [-0.3, -0.25) is 4.79 Å². The number of fused-ring (bicyclic) bond motifs is 2. The molecule has 4 saturated carbocycles. The Balaban J connectivity index is 1.90. The van der Waals surface area contributed by atoms with Crippen LogP contribution in [0.1, 0.15) is 58.8 Å². The maximum atomic E-state index is 11.8. The van der Waals surface area contributed by atoms with Gasteiger partial charge in [0.15, 0.2) is 0 Å². The highest BCUT2D eigenvalue weighted by Gasteiger charge is 2.61. The molecule has 0 amide bonds. The second kappa shape index (κ2) is 3.49. The lowest BCUT2D eigenvalue weighted by Gasteiger charge is -2.63. The van der Waals surface area contributed by atoms with Crippen molar-refractivity contribution in [3.8, 4) is 0 Å². The zero-order chi connectivity index (χ0) is 12.3. The van der Waals surface area contributed by atoms with Crippen LogP contribution in [0.15, 0.2) is 0 Å². The highest BCUT2D eigenvalue weighted by atomic mass is 16.4. The Hall–Kier alpha value is -0.530. The lowest BCUT2D eigenvalue weighted by atomic mass is 9.42. The van der Waals surface area contributed by atoms with Crippen LogP contribution in [0, 0.1) is 28.6 Å². The first kappa shape index (κ1) is 11.6. The van der Waals surface area contributed by atoms with E-state index < -0.39 is 5.97 Å². The number of hydrogen-bond acceptors (Lipinski definition) is 1. The number of carboxylic acids is 1. The first-order chi connectivity index (χ1) is 7.98. The van der Waals surface area contributed by atoms with E-state index in [-0.39, 0.29) is 5.41 Å². The minimum absolute atomic E-state index is 0.354. The van der Waals surface area contributed by atoms with E-state index >= 15 is 0 Å². The summed E-state index contributed by atoms with van der Waals surface area (Å²) in [5.74, 6) is 1.51. The van der Waals surface area contributed by atoms with Gasteiger partial charge >= 0.3 is 5.97 Å². The average Bonchev–Trinajstić information content (AvgIpc) is 2.79. The van der Waals surface area contributed by atoms with Gasteiger partial charge in [0.25, 0.3) is 0 Å². The van der Waals surface area contributed by atoms with Gasteiger partial charge in [-0.2, -0.15) is 0 Å². The van der Waals surface area contributed by atoms with Crippen molar-refractivity contribution in [3.05, 3.63) is 0 Å². The van der Waals surface area contributed by atoms with Crippen molar-refractivity contribution >= 4 is 5.97 Å². The monoisotopic (exact) mass is 236 g/mol. The lowest BCUT2D eigenvalue weighted by Crippen LogP contribution is -2.57. The van der Waals surface area contributed by atoms with Gasteiger partial charge in [-0.25, -0.2) is 0 Å². The van der Waals surface area contributed by atoms with Crippen LogP contribution in [-0.4, -0.2) is 11.1 Å². The summed E-state index contributed by atoms with van der Waals surface area (Å²) in [4.78, 5) is 11.8. The predicted molar refractivity (Wildman–Crippen MR) is 66.6 cm³/mol. The van der Waals surface area contributed by atoms with Crippen molar-refractivity contribution in [2.24, 2.45) is 28.6 Å². The molecule has 3 atom stereocenters. The second-order valence-corrected chi connectivity index (χ2v) is 7.21. The molecule has 0 aromatic heterocycles. The van der Waals surface area contributed by atoms with Crippen LogP contribution in [-0.2, 0) is 4.79 Å². The molecular weight excluding hydrogens is 212 g/mol. The number of carbonyl (C=O) groups is 1. The fourth-order valence-electron chi connectivity index (χ4n) is 5.22. The summed E-state index contributed by atoms with van der Waals surface area (Å²) >= 11 is 0. The van der Waals surface area contributed by atoms with E-state index in [4.69, 9.17) is 0 Å². The Morgan fingerprint density at radius 3 is 2.24 bits per heavy atom. The molecule has 2 bridgehead atoms. The van der Waals surface area contributed by atoms with E-state index in [2.05, 4.69) is 13.8 Å². The predicted octanol–water partition coefficient (Wildman–Crippen LogP) is 3.70. The van der Waals surface area contributed by atoms with Crippen LogP contribution in [0.2, 0.25) is 0 Å². The van der Waals surface area contributed by atoms with E-state index in [1.54, 1.807) is 0 Å². The molecule has 1 N–H and O–H groups in total. The van der Waals surface area contributed by atoms with Crippen LogP contribution in [0.5, 0.6) is 0 Å². The molecule has 2 nitrogen and oxygen atoms in total. The fourth-order valence-corrected chi connectivity index (χ4v) is 5.22. The summed E-state index contributed by atoms with van der Waals surface area (Å²) in [7, 11) is 0. The molecule has 0 aromatic carbocycles. The molecule has 0 heterocycles. The van der Waals surface area contributed by atoms with Gasteiger partial charge in [0.1, 0.15) is 0 Å². The van der Waals surface area contributed by atoms with Crippen molar-refractivity contribution in [2.45, 2.75) is 58.8 Å². The molecule has 0 aliphatic heterocycles. The molecule has 17 heavy (non-hydrogen) atoms. The molecule has 4 rings (SSSR count). The number of hydrogen-bond donors (Lipinski definition) is 1. The van der Waals surface area contributed by atoms with Crippen LogP contribution in [0.25, 0.3) is 0 Å². The van der Waals surface area contributed by atoms with E-state index in [0.717, 1.165) is 31.6 Å². The summed E-state index contributed by atoms with van der Waals surface area (Å²) in [6, 6.07) is 0. The molecule has 0 aromatic rings. The molecule has 96 valence electrons. The summed E-state index contributed by atoms with van der Waals surface area (Å²) in [6.07, 6.45) is 7.86. The maximum Gasteiger partial charge on any atom is 0.309 e. The van der Waals surface area contributed by atoms with Gasteiger partial charge in [0, 0.05) is 0 Å². The summed E-state index contributed by atoms with van der Waals surface area (Å²) < 4.78 is 0. The third-order valence-corrected chi connectivity index (χ3v) is 6.49. The molecule has 0 spiro atoms. The van der Waals surface area contributed by atoms with E-state index in [1.807, 2.05) is 0 Å². The summed E-state index contributed by atoms with van der Waals surface area (Å²) in [6.45, 7) is 4.73. The topological polar surface area (TPSA) is 37.3 Å². The third-order valence-electron chi connectivity index (χ3n) is 6.49. The standard InChI is InChI=1S/C15H24O2/c1-14(2)10-5-6-11(12(14)9-10)15(13(16)17)7-3-4-8-15/h10-12H,3-9H2,1-2H3,(H,16,17)/t10-,11?,12-/m0/s1. The minimum atomic E-state index is -0.499. The molecule has 0 saturated heterocycles. The van der Waals surface area contributed by atoms with Gasteiger partial charge < -0.3 is 5.11 Å². The smallest absolute Gasteiger partial charge is 0.309 e. The van der Waals surface area contributed by atoms with Crippen molar-refractivity contribution < 1.29 is 9.90 Å². The average molecular weight is 236 g/mol. The van der Waals surface area contributed by atoms with Gasteiger partial charge in [-0.15, -0.1) is 0 Å². The van der Waals surface area contributed by atoms with Gasteiger partial charge in [0.05, 0.1) is 5.41 Å². The number of rotatable bonds is 2. The Kier molecular flexibility index (Phi) is 2.37. The van der Waals surface area contributed by atoms with Crippen LogP contribution in [0.4, 0.5) is 0 Å². The fraction of sp³-hybridized carbons (Fsp3) is 0.933. The first-order valence-electron chi connectivity index (χ1n) is 7.22. The van der Waals surface area contributed by atoms with Crippen molar-refractivity contribution in [1.82, 2.24) is 0 Å². The Labute approximate surface area is 104 Å². The van der Waals surface area contributed by atoms with Gasteiger partial charge in [0.2, 0.25) is 0 Å². The molecule has 4 aliphatic carbocycles. The van der Waals surface area contributed by atoms with Crippen LogP contribution < -0.4 is 0 Å². The number of carboxylic acid groups (broad SMARTS) is 1. The summed E-state index contributed by atoms with van der Waals surface area (Å²) in [5, 5.41) is 9.72. The molecular formula is C15H24O2. The third kappa shape index (κ3) is 1.36. The van der Waals surface area contributed by atoms with Gasteiger partial charge in [-0.1, -0.05) is 26.7 Å². The Bertz CT molecular complexity index is 337. The van der Waals surface area contributed by atoms with Crippen molar-refractivity contribution in [3.63, 3.8) is 0 Å². The van der Waals surface area contributed by atoms with E-state index in [0.29, 0.717) is 17.3 Å². The molecule has 1 unspecified atom stereocenters. The molecule has 0 radical (unpaired) electrons. The highest BCUT2D eigenvalue weighted by molar-refractivity contribution is 5.75. The largest absolute Gasteiger partial charge is 0.481 e. The zero-order valence-corrected chi connectivity index (χ0v) is 11.0. The first-order valence-corrected chi connectivity index (χ1v) is 7.22. The molecule has 2 heteroatoms. The Morgan fingerprint density at radius 1 is 1.12 bits per heavy atom. The minimum Gasteiger partial charge on any atom is -0.481 e.